The maximum atomic E-state index is 12.9. The van der Waals surface area contributed by atoms with Gasteiger partial charge in [0.2, 0.25) is 5.75 Å². The molecule has 1 heterocycles. The Morgan fingerprint density at radius 3 is 2.53 bits per heavy atom. The quantitative estimate of drug-likeness (QED) is 0.205. The summed E-state index contributed by atoms with van der Waals surface area (Å²) >= 11 is 6.09. The summed E-state index contributed by atoms with van der Waals surface area (Å²) in [5.74, 6) is -1.61. The van der Waals surface area contributed by atoms with Gasteiger partial charge in [0, 0.05) is 22.2 Å². The maximum absolute atomic E-state index is 12.9. The summed E-state index contributed by atoms with van der Waals surface area (Å²) in [6.07, 6.45) is 5.94. The number of rotatable bonds is 6. The monoisotopic (exact) mass is 476 g/mol. The standard InChI is InChI=1S/C24H17ClN4O5/c25-18-8-17(11-27-28-23(30)20-13-5-6-14(7-13)21(20)24(28)31)22(19(9-18)29(32)33)34-12-16-4-2-1-3-15(16)10-26/h1-6,8-9,11,13-14,20-21H,7,12H2/t13-,14-,20-,21+/m0/s1. The van der Waals surface area contributed by atoms with Crippen LogP contribution in [0.1, 0.15) is 23.1 Å². The molecule has 2 aromatic carbocycles. The van der Waals surface area contributed by atoms with Crippen LogP contribution in [0.2, 0.25) is 5.02 Å². The minimum Gasteiger partial charge on any atom is -0.481 e. The lowest BCUT2D eigenvalue weighted by Crippen LogP contribution is -2.28. The van der Waals surface area contributed by atoms with E-state index in [0.29, 0.717) is 11.1 Å². The molecule has 2 fully saturated rings. The van der Waals surface area contributed by atoms with Crippen LogP contribution in [0.3, 0.4) is 0 Å². The van der Waals surface area contributed by atoms with E-state index in [2.05, 4.69) is 5.10 Å². The molecule has 4 atom stereocenters. The lowest BCUT2D eigenvalue weighted by atomic mass is 9.85. The highest BCUT2D eigenvalue weighted by molar-refractivity contribution is 6.31. The number of nitriles is 1. The van der Waals surface area contributed by atoms with E-state index in [0.717, 1.165) is 17.5 Å². The number of allylic oxidation sites excluding steroid dienone is 2. The van der Waals surface area contributed by atoms with Crippen LogP contribution in [0, 0.1) is 45.1 Å². The molecule has 0 radical (unpaired) electrons. The van der Waals surface area contributed by atoms with Crippen molar-refractivity contribution in [3.8, 4) is 11.8 Å². The molecule has 10 heteroatoms. The van der Waals surface area contributed by atoms with Crippen LogP contribution in [0.15, 0.2) is 53.7 Å². The zero-order valence-corrected chi connectivity index (χ0v) is 18.4. The molecule has 1 saturated heterocycles. The number of nitro benzene ring substituents is 1. The summed E-state index contributed by atoms with van der Waals surface area (Å²) in [6, 6.07) is 11.3. The van der Waals surface area contributed by atoms with Crippen LogP contribution >= 0.6 is 11.6 Å². The number of nitrogens with zero attached hydrogens (tertiary/aromatic N) is 4. The highest BCUT2D eigenvalue weighted by Crippen LogP contribution is 2.52. The third-order valence-electron chi connectivity index (χ3n) is 6.53. The molecule has 0 N–H and O–H groups in total. The van der Waals surface area contributed by atoms with Crippen LogP contribution in [-0.2, 0) is 16.2 Å². The Hall–Kier alpha value is -4.03. The molecule has 3 aliphatic rings. The van der Waals surface area contributed by atoms with Crippen molar-refractivity contribution in [3.05, 3.63) is 80.4 Å². The zero-order chi connectivity index (χ0) is 24.0. The van der Waals surface area contributed by atoms with Crippen LogP contribution < -0.4 is 4.74 Å². The van der Waals surface area contributed by atoms with Gasteiger partial charge in [0.15, 0.2) is 0 Å². The first-order valence-corrected chi connectivity index (χ1v) is 11.0. The average Bonchev–Trinajstić information content (AvgIpc) is 3.51. The molecule has 2 aliphatic carbocycles. The third-order valence-corrected chi connectivity index (χ3v) is 6.75. The summed E-state index contributed by atoms with van der Waals surface area (Å²) in [4.78, 5) is 36.8. The van der Waals surface area contributed by atoms with E-state index in [4.69, 9.17) is 16.3 Å². The summed E-state index contributed by atoms with van der Waals surface area (Å²) in [5.41, 5.74) is 0.643. The fraction of sp³-hybridized carbons (Fsp3) is 0.250. The van der Waals surface area contributed by atoms with Crippen LogP contribution in [0.4, 0.5) is 5.69 Å². The molecule has 0 unspecified atom stereocenters. The first-order valence-electron chi connectivity index (χ1n) is 10.6. The Balaban J connectivity index is 1.46. The van der Waals surface area contributed by atoms with Gasteiger partial charge in [-0.05, 0) is 30.4 Å². The second-order valence-corrected chi connectivity index (χ2v) is 8.83. The SMILES string of the molecule is N#Cc1ccccc1COc1c(C=NN2C(=O)[C@@H]3[C@H](C2=O)[C@H]2C=C[C@H]3C2)cc(Cl)cc1[N+](=O)[O-]. The molecular formula is C24H17ClN4O5. The number of imide groups is 1. The van der Waals surface area contributed by atoms with Crippen molar-refractivity contribution in [2.75, 3.05) is 0 Å². The van der Waals surface area contributed by atoms with Gasteiger partial charge in [-0.1, -0.05) is 42.0 Å². The van der Waals surface area contributed by atoms with Crippen molar-refractivity contribution in [1.82, 2.24) is 5.01 Å². The van der Waals surface area contributed by atoms with Gasteiger partial charge in [-0.15, -0.1) is 0 Å². The number of halogens is 1. The molecule has 1 aliphatic heterocycles. The number of hydrogen-bond acceptors (Lipinski definition) is 7. The first kappa shape index (κ1) is 21.8. The number of benzene rings is 2. The largest absolute Gasteiger partial charge is 0.481 e. The Bertz CT molecular complexity index is 1300. The Morgan fingerprint density at radius 2 is 1.88 bits per heavy atom. The number of hydrogen-bond donors (Lipinski definition) is 0. The summed E-state index contributed by atoms with van der Waals surface area (Å²) < 4.78 is 5.76. The van der Waals surface area contributed by atoms with Gasteiger partial charge in [-0.25, -0.2) is 0 Å². The van der Waals surface area contributed by atoms with Crippen molar-refractivity contribution in [1.29, 1.82) is 5.26 Å². The molecule has 170 valence electrons. The van der Waals surface area contributed by atoms with Crippen molar-refractivity contribution >= 4 is 35.3 Å². The first-order chi connectivity index (χ1) is 16.4. The molecule has 2 aromatic rings. The molecular weight excluding hydrogens is 460 g/mol. The van der Waals surface area contributed by atoms with E-state index in [1.165, 1.54) is 12.3 Å². The normalized spacial score (nSPS) is 24.6. The fourth-order valence-corrected chi connectivity index (χ4v) is 5.23. The fourth-order valence-electron chi connectivity index (χ4n) is 5.01. The number of hydrazone groups is 1. The van der Waals surface area contributed by atoms with Gasteiger partial charge in [0.25, 0.3) is 11.8 Å². The Morgan fingerprint density at radius 1 is 1.21 bits per heavy atom. The predicted octanol–water partition coefficient (Wildman–Crippen LogP) is 3.84. The molecule has 2 amide bonds. The van der Waals surface area contributed by atoms with E-state index >= 15 is 0 Å². The smallest absolute Gasteiger partial charge is 0.313 e. The summed E-state index contributed by atoms with van der Waals surface area (Å²) in [5, 5.41) is 26.0. The van der Waals surface area contributed by atoms with Crippen molar-refractivity contribution < 1.29 is 19.2 Å². The van der Waals surface area contributed by atoms with Crippen LogP contribution in [0.5, 0.6) is 5.75 Å². The molecule has 0 spiro atoms. The summed E-state index contributed by atoms with van der Waals surface area (Å²) in [6.45, 7) is -0.117. The lowest BCUT2D eigenvalue weighted by molar-refractivity contribution is -0.385. The molecule has 5 rings (SSSR count). The van der Waals surface area contributed by atoms with Gasteiger partial charge in [-0.3, -0.25) is 19.7 Å². The topological polar surface area (TPSA) is 126 Å². The highest BCUT2D eigenvalue weighted by Gasteiger charge is 2.59. The average molecular weight is 477 g/mol. The zero-order valence-electron chi connectivity index (χ0n) is 17.6. The van der Waals surface area contributed by atoms with Gasteiger partial charge in [0.1, 0.15) is 6.61 Å². The van der Waals surface area contributed by atoms with Gasteiger partial charge in [0.05, 0.1) is 34.6 Å². The van der Waals surface area contributed by atoms with Crippen molar-refractivity contribution in [2.45, 2.75) is 13.0 Å². The second kappa shape index (κ2) is 8.39. The molecule has 0 aromatic heterocycles. The van der Waals surface area contributed by atoms with E-state index < -0.39 is 22.4 Å². The Kier molecular flexibility index (Phi) is 5.38. The van der Waals surface area contributed by atoms with Gasteiger partial charge >= 0.3 is 5.69 Å². The molecule has 1 saturated carbocycles. The van der Waals surface area contributed by atoms with E-state index in [1.807, 2.05) is 18.2 Å². The van der Waals surface area contributed by atoms with Gasteiger partial charge in [-0.2, -0.15) is 15.4 Å². The number of amides is 2. The maximum Gasteiger partial charge on any atom is 0.313 e. The second-order valence-electron chi connectivity index (χ2n) is 8.39. The van der Waals surface area contributed by atoms with E-state index in [9.17, 15) is 25.0 Å². The number of ether oxygens (including phenoxy) is 1. The number of carbonyl (C=O) groups excluding carboxylic acids is 2. The predicted molar refractivity (Wildman–Crippen MR) is 121 cm³/mol. The molecule has 34 heavy (non-hydrogen) atoms. The lowest BCUT2D eigenvalue weighted by Gasteiger charge is -2.13. The Labute approximate surface area is 199 Å². The van der Waals surface area contributed by atoms with Crippen molar-refractivity contribution in [3.63, 3.8) is 0 Å². The third kappa shape index (κ3) is 3.53. The van der Waals surface area contributed by atoms with Crippen molar-refractivity contribution in [2.24, 2.45) is 28.8 Å². The minimum absolute atomic E-state index is 0.0398. The number of nitro groups is 1. The van der Waals surface area contributed by atoms with Crippen LogP contribution in [-0.4, -0.2) is 28.0 Å². The molecule has 9 nitrogen and oxygen atoms in total. The van der Waals surface area contributed by atoms with E-state index in [-0.39, 0.29) is 46.6 Å². The molecule has 2 bridgehead atoms. The highest BCUT2D eigenvalue weighted by atomic mass is 35.5. The number of carbonyl (C=O) groups is 2. The minimum atomic E-state index is -0.644. The van der Waals surface area contributed by atoms with Crippen LogP contribution in [0.25, 0.3) is 0 Å². The van der Waals surface area contributed by atoms with Gasteiger partial charge < -0.3 is 4.74 Å². The van der Waals surface area contributed by atoms with E-state index in [1.54, 1.807) is 24.3 Å². The number of fused-ring (bicyclic) bond motifs is 5. The summed E-state index contributed by atoms with van der Waals surface area (Å²) in [7, 11) is 0.